The summed E-state index contributed by atoms with van der Waals surface area (Å²) in [5, 5.41) is -0.318. The first-order valence-electron chi connectivity index (χ1n) is 14.0. The Morgan fingerprint density at radius 2 is 1.81 bits per heavy atom. The Morgan fingerprint density at radius 3 is 2.44 bits per heavy atom. The Bertz CT molecular complexity index is 1630. The molecule has 1 aromatic heterocycles. The molecule has 0 aliphatic carbocycles. The van der Waals surface area contributed by atoms with Gasteiger partial charge in [0, 0.05) is 50.3 Å². The molecule has 4 N–H and O–H groups in total. The number of rotatable bonds is 11. The number of hydrogen-bond acceptors (Lipinski definition) is 8. The van der Waals surface area contributed by atoms with E-state index in [-0.39, 0.29) is 61.9 Å². The number of hydrogen-bond donors (Lipinski definition) is 2. The number of sulfone groups is 1. The minimum atomic E-state index is -4.80. The smallest absolute Gasteiger partial charge is 0.329 e. The lowest BCUT2D eigenvalue weighted by Gasteiger charge is -2.39. The molecule has 0 amide bonds. The molecule has 1 aliphatic heterocycles. The number of nitrogens with two attached hydrogens (primary N) is 2. The summed E-state index contributed by atoms with van der Waals surface area (Å²) >= 11 is 12.7. The maximum atomic E-state index is 14.4. The number of benzene rings is 2. The molecule has 1 fully saturated rings. The van der Waals surface area contributed by atoms with Gasteiger partial charge in [0.25, 0.3) is 5.56 Å². The van der Waals surface area contributed by atoms with E-state index in [9.17, 15) is 26.4 Å². The largest absolute Gasteiger partial charge is 0.416 e. The van der Waals surface area contributed by atoms with Crippen LogP contribution >= 0.6 is 23.2 Å². The van der Waals surface area contributed by atoms with Crippen LogP contribution in [-0.2, 0) is 29.1 Å². The van der Waals surface area contributed by atoms with Crippen molar-refractivity contribution in [3.8, 4) is 0 Å². The predicted octanol–water partition coefficient (Wildman–Crippen LogP) is 3.75. The Kier molecular flexibility index (Phi) is 10.8. The molecule has 43 heavy (non-hydrogen) atoms. The van der Waals surface area contributed by atoms with E-state index in [1.165, 1.54) is 25.1 Å². The van der Waals surface area contributed by atoms with E-state index in [1.54, 1.807) is 0 Å². The third-order valence-corrected chi connectivity index (χ3v) is 10.2. The molecule has 15 heteroatoms. The highest BCUT2D eigenvalue weighted by Gasteiger charge is 2.37. The van der Waals surface area contributed by atoms with Crippen LogP contribution in [0.5, 0.6) is 0 Å². The van der Waals surface area contributed by atoms with Gasteiger partial charge in [-0.05, 0) is 54.8 Å². The summed E-state index contributed by atoms with van der Waals surface area (Å²) in [5.41, 5.74) is 9.74. The van der Waals surface area contributed by atoms with Crippen LogP contribution in [0.4, 0.5) is 13.2 Å². The summed E-state index contributed by atoms with van der Waals surface area (Å²) in [5.74, 6) is -0.185. The maximum Gasteiger partial charge on any atom is 0.416 e. The van der Waals surface area contributed by atoms with Crippen molar-refractivity contribution in [2.24, 2.45) is 11.5 Å². The van der Waals surface area contributed by atoms with E-state index in [2.05, 4.69) is 9.88 Å². The topological polar surface area (TPSA) is 128 Å². The molecule has 1 atom stereocenters. The van der Waals surface area contributed by atoms with Crippen molar-refractivity contribution in [1.29, 1.82) is 0 Å². The normalized spacial score (nSPS) is 16.8. The van der Waals surface area contributed by atoms with Crippen molar-refractivity contribution in [3.63, 3.8) is 0 Å². The van der Waals surface area contributed by atoms with Gasteiger partial charge in [0.05, 0.1) is 45.0 Å². The second-order valence-corrected chi connectivity index (χ2v) is 13.6. The number of fused-ring (bicyclic) bond motifs is 1. The van der Waals surface area contributed by atoms with Gasteiger partial charge in [0.1, 0.15) is 0 Å². The van der Waals surface area contributed by atoms with Gasteiger partial charge in [-0.3, -0.25) is 19.2 Å². The first kappa shape index (κ1) is 33.6. The quantitative estimate of drug-likeness (QED) is 0.318. The molecule has 0 radical (unpaired) electrons. The fraction of sp³-hybridized carbons (Fsp3) is 0.500. The van der Waals surface area contributed by atoms with Gasteiger partial charge in [-0.25, -0.2) is 13.4 Å². The fourth-order valence-corrected chi connectivity index (χ4v) is 7.26. The van der Waals surface area contributed by atoms with Crippen LogP contribution in [0.25, 0.3) is 10.9 Å². The number of halogens is 5. The Hall–Kier alpha value is -2.26. The van der Waals surface area contributed by atoms with Crippen LogP contribution in [0.2, 0.25) is 10.0 Å². The highest BCUT2D eigenvalue weighted by atomic mass is 35.5. The van der Waals surface area contributed by atoms with Crippen molar-refractivity contribution < 1.29 is 21.6 Å². The summed E-state index contributed by atoms with van der Waals surface area (Å²) in [4.78, 5) is 21.8. The van der Waals surface area contributed by atoms with Gasteiger partial charge >= 0.3 is 6.18 Å². The lowest BCUT2D eigenvalue weighted by atomic mass is 9.99. The van der Waals surface area contributed by atoms with Gasteiger partial charge in [0.15, 0.2) is 9.84 Å². The molecule has 236 valence electrons. The molecule has 4 rings (SSSR count). The highest BCUT2D eigenvalue weighted by Crippen LogP contribution is 2.39. The minimum absolute atomic E-state index is 0.0212. The number of alkyl halides is 3. The van der Waals surface area contributed by atoms with Crippen molar-refractivity contribution in [2.75, 3.05) is 45.0 Å². The van der Waals surface area contributed by atoms with Crippen LogP contribution in [0.15, 0.2) is 40.3 Å². The Morgan fingerprint density at radius 1 is 1.12 bits per heavy atom. The van der Waals surface area contributed by atoms with Crippen LogP contribution in [-0.4, -0.2) is 78.8 Å². The number of likely N-dealkylation sites (tertiary alicyclic amines) is 1. The van der Waals surface area contributed by atoms with Crippen LogP contribution in [0.3, 0.4) is 0 Å². The Labute approximate surface area is 258 Å². The minimum Gasteiger partial charge on any atom is -0.329 e. The van der Waals surface area contributed by atoms with Crippen LogP contribution < -0.4 is 17.0 Å². The SMILES string of the molecule is CCS(=O)(=O)c1ccc(Cl)cc1Cn1cnc2c(Cl)c(CN3CCCC(N(CCN)CCN)C3)c(C(F)(F)F)cc2c1=O. The van der Waals surface area contributed by atoms with Gasteiger partial charge in [-0.2, -0.15) is 13.2 Å². The molecule has 1 saturated heterocycles. The number of aromatic nitrogens is 2. The zero-order chi connectivity index (χ0) is 31.5. The molecule has 0 bridgehead atoms. The zero-order valence-corrected chi connectivity index (χ0v) is 26.0. The lowest BCUT2D eigenvalue weighted by Crippen LogP contribution is -2.50. The van der Waals surface area contributed by atoms with E-state index >= 15 is 0 Å². The second kappa shape index (κ2) is 13.8. The summed E-state index contributed by atoms with van der Waals surface area (Å²) in [7, 11) is -3.67. The van der Waals surface area contributed by atoms with Crippen molar-refractivity contribution in [2.45, 2.75) is 50.0 Å². The van der Waals surface area contributed by atoms with E-state index in [0.717, 1.165) is 29.8 Å². The van der Waals surface area contributed by atoms with Crippen molar-refractivity contribution >= 4 is 43.9 Å². The molecular weight excluding hydrogens is 628 g/mol. The first-order valence-corrected chi connectivity index (χ1v) is 16.4. The van der Waals surface area contributed by atoms with Gasteiger partial charge in [-0.15, -0.1) is 0 Å². The van der Waals surface area contributed by atoms with E-state index in [0.29, 0.717) is 39.3 Å². The molecule has 3 aromatic rings. The lowest BCUT2D eigenvalue weighted by molar-refractivity contribution is -0.138. The number of nitrogens with zero attached hydrogens (tertiary/aromatic N) is 4. The molecule has 9 nitrogen and oxygen atoms in total. The monoisotopic (exact) mass is 662 g/mol. The molecular formula is C28H35Cl2F3N6O3S. The second-order valence-electron chi connectivity index (χ2n) is 10.6. The van der Waals surface area contributed by atoms with Gasteiger partial charge in [0.2, 0.25) is 0 Å². The van der Waals surface area contributed by atoms with Gasteiger partial charge in [-0.1, -0.05) is 30.1 Å². The zero-order valence-electron chi connectivity index (χ0n) is 23.7. The maximum absolute atomic E-state index is 14.4. The van der Waals surface area contributed by atoms with E-state index in [4.69, 9.17) is 34.7 Å². The molecule has 0 saturated carbocycles. The molecule has 2 aromatic carbocycles. The third-order valence-electron chi connectivity index (χ3n) is 7.75. The third kappa shape index (κ3) is 7.52. The summed E-state index contributed by atoms with van der Waals surface area (Å²) in [6.07, 6.45) is -1.98. The van der Waals surface area contributed by atoms with Crippen molar-refractivity contribution in [3.05, 3.63) is 67.7 Å². The highest BCUT2D eigenvalue weighted by molar-refractivity contribution is 7.91. The van der Waals surface area contributed by atoms with E-state index in [1.807, 2.05) is 4.90 Å². The van der Waals surface area contributed by atoms with Crippen LogP contribution in [0.1, 0.15) is 36.5 Å². The summed E-state index contributed by atoms with van der Waals surface area (Å²) in [6.45, 7) is 4.40. The first-order chi connectivity index (χ1) is 20.3. The van der Waals surface area contributed by atoms with Crippen LogP contribution in [0, 0.1) is 0 Å². The fourth-order valence-electron chi connectivity index (χ4n) is 5.64. The summed E-state index contributed by atoms with van der Waals surface area (Å²) in [6, 6.07) is 5.06. The molecule has 2 heterocycles. The Balaban J connectivity index is 1.74. The molecule has 1 aliphatic rings. The average Bonchev–Trinajstić information content (AvgIpc) is 2.95. The number of piperidine rings is 1. The van der Waals surface area contributed by atoms with Crippen molar-refractivity contribution in [1.82, 2.24) is 19.4 Å². The van der Waals surface area contributed by atoms with Gasteiger partial charge < -0.3 is 11.5 Å². The summed E-state index contributed by atoms with van der Waals surface area (Å²) < 4.78 is 69.6. The van der Waals surface area contributed by atoms with E-state index < -0.39 is 27.1 Å². The standard InChI is InChI=1S/C28H35Cl2F3N6O3S/c1-2-43(41,42)24-6-5-19(29)12-18(24)14-39-17-36-26-21(27(39)40)13-23(28(31,32)33)22(25(26)30)16-37-9-3-4-20(15-37)38(10-7-34)11-8-35/h5-6,12-13,17,20H,2-4,7-11,14-16,34-35H2,1H3. The molecule has 0 spiro atoms. The average molecular weight is 664 g/mol. The predicted molar refractivity (Wildman–Crippen MR) is 162 cm³/mol. The molecule has 1 unspecified atom stereocenters.